The lowest BCUT2D eigenvalue weighted by molar-refractivity contribution is 0.170. The van der Waals surface area contributed by atoms with Gasteiger partial charge in [0, 0.05) is 59.6 Å². The van der Waals surface area contributed by atoms with Crippen LogP contribution < -0.4 is 10.6 Å². The monoisotopic (exact) mass is 522 g/mol. The van der Waals surface area contributed by atoms with Crippen LogP contribution in [0.3, 0.4) is 0 Å². The number of anilines is 2. The van der Waals surface area contributed by atoms with Crippen molar-refractivity contribution < 1.29 is 9.52 Å². The predicted octanol–water partition coefficient (Wildman–Crippen LogP) is 6.57. The molecule has 39 heavy (non-hydrogen) atoms. The van der Waals surface area contributed by atoms with Gasteiger partial charge in [-0.3, -0.25) is 0 Å². The van der Waals surface area contributed by atoms with Crippen molar-refractivity contribution in [2.75, 3.05) is 23.8 Å². The van der Waals surface area contributed by atoms with E-state index in [0.717, 1.165) is 50.3 Å². The third-order valence-corrected chi connectivity index (χ3v) is 6.79. The van der Waals surface area contributed by atoms with Gasteiger partial charge in [0.1, 0.15) is 17.2 Å². The van der Waals surface area contributed by atoms with Gasteiger partial charge in [0.25, 0.3) is 0 Å². The van der Waals surface area contributed by atoms with Crippen molar-refractivity contribution >= 4 is 22.7 Å². The first-order valence-electron chi connectivity index (χ1n) is 13.1. The molecule has 8 heteroatoms. The van der Waals surface area contributed by atoms with Gasteiger partial charge in [-0.2, -0.15) is 0 Å². The van der Waals surface area contributed by atoms with Crippen LogP contribution in [0.4, 0.5) is 11.8 Å². The number of furan rings is 1. The Kier molecular flexibility index (Phi) is 7.30. The van der Waals surface area contributed by atoms with Crippen LogP contribution in [-0.4, -0.2) is 38.2 Å². The van der Waals surface area contributed by atoms with E-state index in [1.54, 1.807) is 6.26 Å². The molecular formula is C31H34N6O2. The van der Waals surface area contributed by atoms with E-state index in [9.17, 15) is 5.11 Å². The van der Waals surface area contributed by atoms with E-state index in [-0.39, 0.29) is 18.1 Å². The second kappa shape index (κ2) is 10.8. The molecule has 5 aromatic rings. The Bertz CT molecular complexity index is 1590. The molecule has 3 N–H and O–H groups in total. The lowest BCUT2D eigenvalue weighted by Crippen LogP contribution is -2.27. The fraction of sp³-hybridized carbons (Fsp3) is 0.290. The fourth-order valence-corrected chi connectivity index (χ4v) is 4.34. The molecule has 0 aliphatic rings. The Hall–Kier alpha value is -4.30. The van der Waals surface area contributed by atoms with Crippen LogP contribution in [-0.2, 0) is 0 Å². The zero-order chi connectivity index (χ0) is 27.6. The number of benzene rings is 2. The van der Waals surface area contributed by atoms with Crippen molar-refractivity contribution in [3.8, 4) is 22.4 Å². The SMILES string of the molecule is Cc1nc(NC(C)c2cccc(-c3cnc(NCC(C)(C)CO)nc3)c2)cc(-c2ccc3occ(C)c3c2)n1. The van der Waals surface area contributed by atoms with Gasteiger partial charge in [-0.05, 0) is 61.7 Å². The highest BCUT2D eigenvalue weighted by molar-refractivity contribution is 5.85. The summed E-state index contributed by atoms with van der Waals surface area (Å²) in [5, 5.41) is 17.3. The smallest absolute Gasteiger partial charge is 0.222 e. The molecule has 2 aromatic carbocycles. The maximum absolute atomic E-state index is 9.45. The molecule has 0 radical (unpaired) electrons. The summed E-state index contributed by atoms with van der Waals surface area (Å²) in [4.78, 5) is 18.2. The second-order valence-corrected chi connectivity index (χ2v) is 10.8. The average Bonchev–Trinajstić information content (AvgIpc) is 3.32. The molecule has 5 rings (SSSR count). The van der Waals surface area contributed by atoms with Gasteiger partial charge in [-0.15, -0.1) is 0 Å². The van der Waals surface area contributed by atoms with E-state index < -0.39 is 0 Å². The average molecular weight is 523 g/mol. The van der Waals surface area contributed by atoms with Gasteiger partial charge in [0.15, 0.2) is 0 Å². The Morgan fingerprint density at radius 3 is 2.51 bits per heavy atom. The number of hydrogen-bond donors (Lipinski definition) is 3. The van der Waals surface area contributed by atoms with E-state index in [1.807, 2.05) is 64.4 Å². The van der Waals surface area contributed by atoms with Crippen LogP contribution in [0.1, 0.15) is 43.8 Å². The number of aromatic nitrogens is 4. The molecule has 200 valence electrons. The topological polar surface area (TPSA) is 109 Å². The molecule has 0 amide bonds. The molecular weight excluding hydrogens is 488 g/mol. The Labute approximate surface area is 228 Å². The number of aliphatic hydroxyl groups excluding tert-OH is 1. The number of nitrogens with zero attached hydrogens (tertiary/aromatic N) is 4. The van der Waals surface area contributed by atoms with Crippen molar-refractivity contribution in [3.05, 3.63) is 84.1 Å². The van der Waals surface area contributed by atoms with Crippen LogP contribution in [0.25, 0.3) is 33.4 Å². The van der Waals surface area contributed by atoms with Crippen LogP contribution in [0.15, 0.2) is 71.6 Å². The van der Waals surface area contributed by atoms with Crippen molar-refractivity contribution in [2.45, 2.75) is 40.7 Å². The fourth-order valence-electron chi connectivity index (χ4n) is 4.34. The molecule has 8 nitrogen and oxygen atoms in total. The third kappa shape index (κ3) is 6.07. The molecule has 1 unspecified atom stereocenters. The summed E-state index contributed by atoms with van der Waals surface area (Å²) in [6, 6.07) is 16.5. The molecule has 0 saturated carbocycles. The van der Waals surface area contributed by atoms with Gasteiger partial charge >= 0.3 is 0 Å². The molecule has 0 saturated heterocycles. The Balaban J connectivity index is 1.32. The first-order valence-corrected chi connectivity index (χ1v) is 13.1. The molecule has 0 aliphatic carbocycles. The molecule has 0 spiro atoms. The Morgan fingerprint density at radius 1 is 0.949 bits per heavy atom. The first-order chi connectivity index (χ1) is 18.7. The Morgan fingerprint density at radius 2 is 1.74 bits per heavy atom. The van der Waals surface area contributed by atoms with Crippen LogP contribution >= 0.6 is 0 Å². The van der Waals surface area contributed by atoms with E-state index >= 15 is 0 Å². The molecule has 0 bridgehead atoms. The molecule has 3 aromatic heterocycles. The number of aryl methyl sites for hydroxylation is 2. The minimum absolute atomic E-state index is 0.00766. The largest absolute Gasteiger partial charge is 0.464 e. The van der Waals surface area contributed by atoms with Crippen molar-refractivity contribution in [1.82, 2.24) is 19.9 Å². The number of fused-ring (bicyclic) bond motifs is 1. The summed E-state index contributed by atoms with van der Waals surface area (Å²) in [5.41, 5.74) is 6.70. The zero-order valence-electron chi connectivity index (χ0n) is 23.0. The van der Waals surface area contributed by atoms with Gasteiger partial charge in [0.2, 0.25) is 5.95 Å². The molecule has 0 fully saturated rings. The summed E-state index contributed by atoms with van der Waals surface area (Å²) in [5.74, 6) is 2.01. The summed E-state index contributed by atoms with van der Waals surface area (Å²) in [6.07, 6.45) is 5.41. The quantitative estimate of drug-likeness (QED) is 0.199. The van der Waals surface area contributed by atoms with E-state index in [2.05, 4.69) is 61.8 Å². The second-order valence-electron chi connectivity index (χ2n) is 10.8. The molecule has 3 heterocycles. The summed E-state index contributed by atoms with van der Waals surface area (Å²) in [7, 11) is 0. The number of aliphatic hydroxyl groups is 1. The molecule has 1 atom stereocenters. The van der Waals surface area contributed by atoms with Gasteiger partial charge < -0.3 is 20.2 Å². The lowest BCUT2D eigenvalue weighted by atomic mass is 9.95. The summed E-state index contributed by atoms with van der Waals surface area (Å²) in [6.45, 7) is 10.7. The van der Waals surface area contributed by atoms with E-state index in [1.165, 1.54) is 0 Å². The predicted molar refractivity (Wildman–Crippen MR) is 156 cm³/mol. The maximum Gasteiger partial charge on any atom is 0.222 e. The standard InChI is InChI=1S/C31H34N6O2/c1-19-16-39-28-10-9-24(12-26(19)28)27-13-29(37-21(3)36-27)35-20(2)22-7-6-8-23(11-22)25-14-32-30(33-15-25)34-17-31(4,5)18-38/h6-16,20,38H,17-18H2,1-5H3,(H,32,33,34)(H,35,36,37). The van der Waals surface area contributed by atoms with Crippen molar-refractivity contribution in [3.63, 3.8) is 0 Å². The first kappa shape index (κ1) is 26.3. The zero-order valence-corrected chi connectivity index (χ0v) is 23.0. The lowest BCUT2D eigenvalue weighted by Gasteiger charge is -2.21. The van der Waals surface area contributed by atoms with Crippen LogP contribution in [0, 0.1) is 19.3 Å². The van der Waals surface area contributed by atoms with E-state index in [0.29, 0.717) is 18.3 Å². The van der Waals surface area contributed by atoms with Crippen molar-refractivity contribution in [2.24, 2.45) is 5.41 Å². The van der Waals surface area contributed by atoms with Crippen LogP contribution in [0.2, 0.25) is 0 Å². The number of nitrogens with one attached hydrogen (secondary N) is 2. The number of rotatable bonds is 9. The molecule has 0 aliphatic heterocycles. The maximum atomic E-state index is 9.45. The summed E-state index contributed by atoms with van der Waals surface area (Å²) >= 11 is 0. The van der Waals surface area contributed by atoms with Gasteiger partial charge in [0.05, 0.1) is 12.0 Å². The highest BCUT2D eigenvalue weighted by Crippen LogP contribution is 2.29. The minimum atomic E-state index is -0.241. The van der Waals surface area contributed by atoms with E-state index in [4.69, 9.17) is 4.42 Å². The van der Waals surface area contributed by atoms with Crippen LogP contribution in [0.5, 0.6) is 0 Å². The minimum Gasteiger partial charge on any atom is -0.464 e. The number of hydrogen-bond acceptors (Lipinski definition) is 8. The summed E-state index contributed by atoms with van der Waals surface area (Å²) < 4.78 is 5.60. The normalized spacial score (nSPS) is 12.5. The van der Waals surface area contributed by atoms with Gasteiger partial charge in [-0.1, -0.05) is 32.0 Å². The highest BCUT2D eigenvalue weighted by Gasteiger charge is 2.17. The van der Waals surface area contributed by atoms with Crippen molar-refractivity contribution in [1.29, 1.82) is 0 Å². The van der Waals surface area contributed by atoms with Gasteiger partial charge in [-0.25, -0.2) is 19.9 Å². The highest BCUT2D eigenvalue weighted by atomic mass is 16.3. The third-order valence-electron chi connectivity index (χ3n) is 6.79.